The van der Waals surface area contributed by atoms with Crippen LogP contribution in [0.15, 0.2) is 67.3 Å². The molecule has 0 unspecified atom stereocenters. The van der Waals surface area contributed by atoms with Crippen LogP contribution in [0, 0.1) is 5.82 Å². The Morgan fingerprint density at radius 1 is 1.08 bits per heavy atom. The minimum atomic E-state index is -0.616. The number of rotatable bonds is 7. The zero-order chi connectivity index (χ0) is 17.4. The van der Waals surface area contributed by atoms with E-state index in [0.717, 1.165) is 5.56 Å². The molecule has 2 aromatic rings. The maximum Gasteiger partial charge on any atom is 0.254 e. The van der Waals surface area contributed by atoms with Crippen LogP contribution >= 0.6 is 0 Å². The van der Waals surface area contributed by atoms with Crippen LogP contribution in [0.25, 0.3) is 0 Å². The molecule has 0 spiro atoms. The Hall–Kier alpha value is -2.95. The standard InChI is InChI=1S/C19H19FN2O2/c1-2-12-22(14-15-8-4-3-5-9-15)18(23)13-21-19(24)16-10-6-7-11-17(16)20/h2-11H,1,12-14H2,(H,21,24). The first-order chi connectivity index (χ1) is 11.6. The van der Waals surface area contributed by atoms with Crippen LogP contribution in [0.2, 0.25) is 0 Å². The van der Waals surface area contributed by atoms with Crippen LogP contribution in [0.5, 0.6) is 0 Å². The quantitative estimate of drug-likeness (QED) is 0.796. The van der Waals surface area contributed by atoms with Crippen LogP contribution in [0.4, 0.5) is 4.39 Å². The summed E-state index contributed by atoms with van der Waals surface area (Å²) >= 11 is 0. The highest BCUT2D eigenvalue weighted by molar-refractivity contribution is 5.96. The molecule has 0 saturated heterocycles. The topological polar surface area (TPSA) is 49.4 Å². The van der Waals surface area contributed by atoms with E-state index in [9.17, 15) is 14.0 Å². The summed E-state index contributed by atoms with van der Waals surface area (Å²) in [6, 6.07) is 15.2. The highest BCUT2D eigenvalue weighted by atomic mass is 19.1. The van der Waals surface area contributed by atoms with Crippen molar-refractivity contribution in [3.05, 3.63) is 84.2 Å². The van der Waals surface area contributed by atoms with Gasteiger partial charge < -0.3 is 10.2 Å². The van der Waals surface area contributed by atoms with Crippen molar-refractivity contribution in [2.75, 3.05) is 13.1 Å². The maximum atomic E-state index is 13.6. The number of carbonyl (C=O) groups excluding carboxylic acids is 2. The van der Waals surface area contributed by atoms with Gasteiger partial charge in [0.15, 0.2) is 0 Å². The first-order valence-corrected chi connectivity index (χ1v) is 7.57. The zero-order valence-electron chi connectivity index (χ0n) is 13.2. The molecule has 124 valence electrons. The number of carbonyl (C=O) groups is 2. The van der Waals surface area contributed by atoms with E-state index in [4.69, 9.17) is 0 Å². The highest BCUT2D eigenvalue weighted by Gasteiger charge is 2.16. The Kier molecular flexibility index (Phi) is 6.25. The molecular formula is C19H19FN2O2. The van der Waals surface area contributed by atoms with Crippen LogP contribution in [0.1, 0.15) is 15.9 Å². The predicted molar refractivity (Wildman–Crippen MR) is 90.8 cm³/mol. The SMILES string of the molecule is C=CCN(Cc1ccccc1)C(=O)CNC(=O)c1ccccc1F. The number of hydrogen-bond acceptors (Lipinski definition) is 2. The zero-order valence-corrected chi connectivity index (χ0v) is 13.2. The van der Waals surface area contributed by atoms with E-state index in [0.29, 0.717) is 13.1 Å². The van der Waals surface area contributed by atoms with E-state index in [1.165, 1.54) is 18.2 Å². The number of nitrogens with zero attached hydrogens (tertiary/aromatic N) is 1. The van der Waals surface area contributed by atoms with E-state index < -0.39 is 11.7 Å². The largest absolute Gasteiger partial charge is 0.343 e. The van der Waals surface area contributed by atoms with Gasteiger partial charge in [-0.3, -0.25) is 9.59 Å². The van der Waals surface area contributed by atoms with Gasteiger partial charge in [0.05, 0.1) is 12.1 Å². The molecule has 1 N–H and O–H groups in total. The molecule has 0 atom stereocenters. The van der Waals surface area contributed by atoms with Gasteiger partial charge in [-0.1, -0.05) is 48.5 Å². The molecule has 0 radical (unpaired) electrons. The maximum absolute atomic E-state index is 13.6. The molecule has 0 aliphatic rings. The van der Waals surface area contributed by atoms with Crippen molar-refractivity contribution in [3.63, 3.8) is 0 Å². The lowest BCUT2D eigenvalue weighted by Crippen LogP contribution is -2.40. The lowest BCUT2D eigenvalue weighted by molar-refractivity contribution is -0.130. The Morgan fingerprint density at radius 2 is 1.75 bits per heavy atom. The van der Waals surface area contributed by atoms with Crippen molar-refractivity contribution in [2.24, 2.45) is 0 Å². The molecule has 0 fully saturated rings. The molecule has 2 aromatic carbocycles. The average Bonchev–Trinajstić information content (AvgIpc) is 2.60. The van der Waals surface area contributed by atoms with Crippen molar-refractivity contribution in [2.45, 2.75) is 6.54 Å². The fourth-order valence-electron chi connectivity index (χ4n) is 2.22. The van der Waals surface area contributed by atoms with E-state index in [2.05, 4.69) is 11.9 Å². The van der Waals surface area contributed by atoms with E-state index in [1.807, 2.05) is 30.3 Å². The van der Waals surface area contributed by atoms with Gasteiger partial charge in [0.2, 0.25) is 5.91 Å². The molecule has 5 heteroatoms. The molecule has 2 rings (SSSR count). The van der Waals surface area contributed by atoms with Gasteiger partial charge in [0, 0.05) is 13.1 Å². The van der Waals surface area contributed by atoms with Crippen molar-refractivity contribution in [1.29, 1.82) is 0 Å². The Bertz CT molecular complexity index is 716. The second kappa shape index (κ2) is 8.62. The van der Waals surface area contributed by atoms with Crippen LogP contribution in [-0.4, -0.2) is 29.8 Å². The number of hydrogen-bond donors (Lipinski definition) is 1. The van der Waals surface area contributed by atoms with Crippen LogP contribution < -0.4 is 5.32 Å². The van der Waals surface area contributed by atoms with Gasteiger partial charge in [0.1, 0.15) is 5.82 Å². The summed E-state index contributed by atoms with van der Waals surface area (Å²) in [5.74, 6) is -1.49. The average molecular weight is 326 g/mol. The summed E-state index contributed by atoms with van der Waals surface area (Å²) in [6.45, 7) is 4.23. The van der Waals surface area contributed by atoms with E-state index in [-0.39, 0.29) is 18.0 Å². The lowest BCUT2D eigenvalue weighted by atomic mass is 10.2. The molecule has 0 heterocycles. The molecule has 0 saturated carbocycles. The normalized spacial score (nSPS) is 10.0. The van der Waals surface area contributed by atoms with Gasteiger partial charge in [0.25, 0.3) is 5.91 Å². The van der Waals surface area contributed by atoms with Crippen LogP contribution in [0.3, 0.4) is 0 Å². The molecule has 0 aliphatic heterocycles. The van der Waals surface area contributed by atoms with Gasteiger partial charge >= 0.3 is 0 Å². The number of halogens is 1. The first kappa shape index (κ1) is 17.4. The first-order valence-electron chi connectivity index (χ1n) is 7.57. The Morgan fingerprint density at radius 3 is 2.42 bits per heavy atom. The number of nitrogens with one attached hydrogen (secondary N) is 1. The number of amides is 2. The Labute approximate surface area is 140 Å². The number of benzene rings is 2. The molecular weight excluding hydrogens is 307 g/mol. The monoisotopic (exact) mass is 326 g/mol. The highest BCUT2D eigenvalue weighted by Crippen LogP contribution is 2.07. The van der Waals surface area contributed by atoms with Crippen molar-refractivity contribution in [3.8, 4) is 0 Å². The third-order valence-electron chi connectivity index (χ3n) is 3.44. The predicted octanol–water partition coefficient (Wildman–Crippen LogP) is 2.77. The lowest BCUT2D eigenvalue weighted by Gasteiger charge is -2.21. The summed E-state index contributed by atoms with van der Waals surface area (Å²) < 4.78 is 13.6. The Balaban J connectivity index is 1.96. The van der Waals surface area contributed by atoms with Crippen molar-refractivity contribution < 1.29 is 14.0 Å². The summed E-state index contributed by atoms with van der Waals surface area (Å²) in [4.78, 5) is 25.9. The van der Waals surface area contributed by atoms with E-state index in [1.54, 1.807) is 17.0 Å². The fourth-order valence-corrected chi connectivity index (χ4v) is 2.22. The van der Waals surface area contributed by atoms with Crippen LogP contribution in [-0.2, 0) is 11.3 Å². The third-order valence-corrected chi connectivity index (χ3v) is 3.44. The van der Waals surface area contributed by atoms with Gasteiger partial charge in [-0.2, -0.15) is 0 Å². The van der Waals surface area contributed by atoms with Gasteiger partial charge in [-0.15, -0.1) is 6.58 Å². The second-order valence-electron chi connectivity index (χ2n) is 5.21. The summed E-state index contributed by atoms with van der Waals surface area (Å²) in [6.07, 6.45) is 1.62. The molecule has 0 aromatic heterocycles. The molecule has 0 bridgehead atoms. The summed E-state index contributed by atoms with van der Waals surface area (Å²) in [7, 11) is 0. The minimum absolute atomic E-state index is 0.0800. The van der Waals surface area contributed by atoms with E-state index >= 15 is 0 Å². The fraction of sp³-hybridized carbons (Fsp3) is 0.158. The molecule has 0 aliphatic carbocycles. The smallest absolute Gasteiger partial charge is 0.254 e. The summed E-state index contributed by atoms with van der Waals surface area (Å²) in [5, 5.41) is 2.46. The summed E-state index contributed by atoms with van der Waals surface area (Å²) in [5.41, 5.74) is 0.900. The molecule has 24 heavy (non-hydrogen) atoms. The molecule has 2 amide bonds. The van der Waals surface area contributed by atoms with Crippen molar-refractivity contribution in [1.82, 2.24) is 10.2 Å². The van der Waals surface area contributed by atoms with Gasteiger partial charge in [-0.25, -0.2) is 4.39 Å². The minimum Gasteiger partial charge on any atom is -0.343 e. The van der Waals surface area contributed by atoms with Gasteiger partial charge in [-0.05, 0) is 17.7 Å². The third kappa shape index (κ3) is 4.78. The van der Waals surface area contributed by atoms with Crippen molar-refractivity contribution >= 4 is 11.8 Å². The second-order valence-corrected chi connectivity index (χ2v) is 5.21. The molecule has 4 nitrogen and oxygen atoms in total.